The van der Waals surface area contributed by atoms with E-state index in [0.29, 0.717) is 0 Å². The number of hydrogen-bond acceptors (Lipinski definition) is 2. The minimum atomic E-state index is -0.313. The topological polar surface area (TPSA) is 38.0 Å². The van der Waals surface area contributed by atoms with E-state index in [1.165, 1.54) is 0 Å². The van der Waals surface area contributed by atoms with Crippen molar-refractivity contribution in [2.45, 2.75) is 19.4 Å². The van der Waals surface area contributed by atoms with Crippen molar-refractivity contribution in [2.75, 3.05) is 6.61 Å². The van der Waals surface area contributed by atoms with E-state index in [9.17, 15) is 0 Å². The van der Waals surface area contributed by atoms with Gasteiger partial charge in [-0.15, -0.1) is 0 Å². The number of nitrogens with zero attached hydrogens (tertiary/aromatic N) is 2. The van der Waals surface area contributed by atoms with Gasteiger partial charge in [0.2, 0.25) is 0 Å². The summed E-state index contributed by atoms with van der Waals surface area (Å²) in [5.41, 5.74) is -0.313. The van der Waals surface area contributed by atoms with Crippen LogP contribution in [0.25, 0.3) is 0 Å². The summed E-state index contributed by atoms with van der Waals surface area (Å²) in [5.74, 6) is 0. The third-order valence-electron chi connectivity index (χ3n) is 1.56. The van der Waals surface area contributed by atoms with Gasteiger partial charge in [-0.05, 0) is 35.8 Å². The lowest BCUT2D eigenvalue weighted by Crippen LogP contribution is -2.30. The molecule has 0 saturated carbocycles. The fraction of sp³-hybridized carbons (Fsp3) is 0.571. The number of halogens is 1. The second-order valence-electron chi connectivity index (χ2n) is 3.05. The summed E-state index contributed by atoms with van der Waals surface area (Å²) in [6.07, 6.45) is 1.83. The van der Waals surface area contributed by atoms with E-state index in [0.717, 1.165) is 4.60 Å². The first-order chi connectivity index (χ1) is 5.06. The summed E-state index contributed by atoms with van der Waals surface area (Å²) in [6.45, 7) is 3.93. The number of aliphatic hydroxyl groups excluding tert-OH is 1. The normalized spacial score (nSPS) is 12.0. The van der Waals surface area contributed by atoms with Crippen LogP contribution < -0.4 is 0 Å². The van der Waals surface area contributed by atoms with Gasteiger partial charge in [0.05, 0.1) is 12.1 Å². The molecule has 1 aromatic heterocycles. The molecule has 4 heteroatoms. The van der Waals surface area contributed by atoms with Crippen molar-refractivity contribution in [1.82, 2.24) is 9.78 Å². The molecule has 0 unspecified atom stereocenters. The largest absolute Gasteiger partial charge is 0.394 e. The summed E-state index contributed by atoms with van der Waals surface area (Å²) in [5, 5.41) is 13.1. The van der Waals surface area contributed by atoms with Crippen molar-refractivity contribution in [3.05, 3.63) is 16.9 Å². The number of aliphatic hydroxyl groups is 1. The van der Waals surface area contributed by atoms with Crippen molar-refractivity contribution < 1.29 is 5.11 Å². The van der Waals surface area contributed by atoms with Crippen molar-refractivity contribution in [3.63, 3.8) is 0 Å². The average molecular weight is 219 g/mol. The molecule has 0 aliphatic carbocycles. The van der Waals surface area contributed by atoms with Crippen LogP contribution in [0.1, 0.15) is 13.8 Å². The van der Waals surface area contributed by atoms with Crippen molar-refractivity contribution in [2.24, 2.45) is 0 Å². The molecule has 0 aliphatic rings. The van der Waals surface area contributed by atoms with Crippen molar-refractivity contribution in [1.29, 1.82) is 0 Å². The summed E-state index contributed by atoms with van der Waals surface area (Å²) in [4.78, 5) is 0. The highest BCUT2D eigenvalue weighted by molar-refractivity contribution is 9.10. The minimum Gasteiger partial charge on any atom is -0.394 e. The molecule has 0 amide bonds. The molecule has 0 saturated heterocycles. The molecule has 0 bridgehead atoms. The second kappa shape index (κ2) is 2.95. The Morgan fingerprint density at radius 3 is 2.73 bits per heavy atom. The lowest BCUT2D eigenvalue weighted by Gasteiger charge is -2.21. The molecule has 0 atom stereocenters. The van der Waals surface area contributed by atoms with E-state index in [1.807, 2.05) is 26.1 Å². The van der Waals surface area contributed by atoms with Crippen molar-refractivity contribution in [3.8, 4) is 0 Å². The van der Waals surface area contributed by atoms with Gasteiger partial charge in [0.15, 0.2) is 0 Å². The lowest BCUT2D eigenvalue weighted by molar-refractivity contribution is 0.152. The second-order valence-corrected chi connectivity index (χ2v) is 3.87. The Morgan fingerprint density at radius 1 is 1.73 bits per heavy atom. The SMILES string of the molecule is CC(C)(CO)n1ccc(Br)n1. The number of rotatable bonds is 2. The molecule has 11 heavy (non-hydrogen) atoms. The zero-order valence-electron chi connectivity index (χ0n) is 6.58. The number of aromatic nitrogens is 2. The van der Waals surface area contributed by atoms with E-state index in [4.69, 9.17) is 5.11 Å². The predicted octanol–water partition coefficient (Wildman–Crippen LogP) is 1.37. The van der Waals surface area contributed by atoms with E-state index in [2.05, 4.69) is 21.0 Å². The van der Waals surface area contributed by atoms with Crippen LogP contribution in [-0.2, 0) is 5.54 Å². The van der Waals surface area contributed by atoms with Crippen LogP contribution in [0.5, 0.6) is 0 Å². The fourth-order valence-corrected chi connectivity index (χ4v) is 1.00. The Hall–Kier alpha value is -0.350. The molecular formula is C7H11BrN2O. The van der Waals surface area contributed by atoms with E-state index in [1.54, 1.807) is 4.68 Å². The predicted molar refractivity (Wildman–Crippen MR) is 46.3 cm³/mol. The van der Waals surface area contributed by atoms with Gasteiger partial charge in [-0.1, -0.05) is 0 Å². The quantitative estimate of drug-likeness (QED) is 0.815. The van der Waals surface area contributed by atoms with E-state index >= 15 is 0 Å². The Balaban J connectivity index is 2.92. The molecule has 62 valence electrons. The Labute approximate surface area is 74.2 Å². The molecule has 0 fully saturated rings. The summed E-state index contributed by atoms with van der Waals surface area (Å²) < 4.78 is 2.52. The standard InChI is InChI=1S/C7H11BrN2O/c1-7(2,5-11)10-4-3-6(8)9-10/h3-4,11H,5H2,1-2H3. The molecule has 1 rings (SSSR count). The third-order valence-corrected chi connectivity index (χ3v) is 1.99. The van der Waals surface area contributed by atoms with Gasteiger partial charge in [-0.3, -0.25) is 4.68 Å². The summed E-state index contributed by atoms with van der Waals surface area (Å²) in [6, 6.07) is 1.84. The van der Waals surface area contributed by atoms with E-state index in [-0.39, 0.29) is 12.1 Å². The maximum Gasteiger partial charge on any atom is 0.128 e. The van der Waals surface area contributed by atoms with Crippen LogP contribution in [0.4, 0.5) is 0 Å². The van der Waals surface area contributed by atoms with Crippen molar-refractivity contribution >= 4 is 15.9 Å². The Morgan fingerprint density at radius 2 is 2.36 bits per heavy atom. The first-order valence-corrected chi connectivity index (χ1v) is 4.18. The monoisotopic (exact) mass is 218 g/mol. The van der Waals surface area contributed by atoms with Gasteiger partial charge in [-0.25, -0.2) is 0 Å². The highest BCUT2D eigenvalue weighted by Crippen LogP contribution is 2.15. The molecule has 1 heterocycles. The highest BCUT2D eigenvalue weighted by Gasteiger charge is 2.19. The first-order valence-electron chi connectivity index (χ1n) is 3.39. The molecule has 1 N–H and O–H groups in total. The van der Waals surface area contributed by atoms with Gasteiger partial charge in [0, 0.05) is 6.20 Å². The van der Waals surface area contributed by atoms with Crippen LogP contribution in [0.15, 0.2) is 16.9 Å². The Kier molecular flexibility index (Phi) is 2.34. The van der Waals surface area contributed by atoms with Gasteiger partial charge in [0.1, 0.15) is 4.60 Å². The first kappa shape index (κ1) is 8.74. The zero-order chi connectivity index (χ0) is 8.48. The zero-order valence-corrected chi connectivity index (χ0v) is 8.17. The molecule has 0 aliphatic heterocycles. The van der Waals surface area contributed by atoms with Gasteiger partial charge in [0.25, 0.3) is 0 Å². The average Bonchev–Trinajstić information content (AvgIpc) is 2.36. The van der Waals surface area contributed by atoms with E-state index < -0.39 is 0 Å². The van der Waals surface area contributed by atoms with Crippen LogP contribution in [0, 0.1) is 0 Å². The summed E-state index contributed by atoms with van der Waals surface area (Å²) in [7, 11) is 0. The highest BCUT2D eigenvalue weighted by atomic mass is 79.9. The maximum absolute atomic E-state index is 8.98. The van der Waals surface area contributed by atoms with Gasteiger partial charge in [-0.2, -0.15) is 5.10 Å². The maximum atomic E-state index is 8.98. The number of hydrogen-bond donors (Lipinski definition) is 1. The molecule has 0 radical (unpaired) electrons. The molecular weight excluding hydrogens is 208 g/mol. The lowest BCUT2D eigenvalue weighted by atomic mass is 10.1. The van der Waals surface area contributed by atoms with Gasteiger partial charge < -0.3 is 5.11 Å². The summed E-state index contributed by atoms with van der Waals surface area (Å²) >= 11 is 3.24. The molecule has 3 nitrogen and oxygen atoms in total. The Bertz CT molecular complexity index is 244. The smallest absolute Gasteiger partial charge is 0.128 e. The minimum absolute atomic E-state index is 0.0844. The third kappa shape index (κ3) is 1.81. The van der Waals surface area contributed by atoms with Gasteiger partial charge >= 0.3 is 0 Å². The van der Waals surface area contributed by atoms with Crippen LogP contribution in [0.3, 0.4) is 0 Å². The fourth-order valence-electron chi connectivity index (χ4n) is 0.711. The van der Waals surface area contributed by atoms with Crippen LogP contribution in [-0.4, -0.2) is 21.5 Å². The molecule has 0 spiro atoms. The molecule has 0 aromatic carbocycles. The van der Waals surface area contributed by atoms with Crippen LogP contribution >= 0.6 is 15.9 Å². The van der Waals surface area contributed by atoms with Crippen LogP contribution in [0.2, 0.25) is 0 Å². The molecule has 1 aromatic rings.